The van der Waals surface area contributed by atoms with Crippen molar-refractivity contribution in [3.8, 4) is 0 Å². The van der Waals surface area contributed by atoms with Crippen LogP contribution in [0.5, 0.6) is 0 Å². The van der Waals surface area contributed by atoms with Gasteiger partial charge in [-0.3, -0.25) is 19.2 Å². The molecular formula is C19H35N5O7. The van der Waals surface area contributed by atoms with Crippen molar-refractivity contribution in [2.45, 2.75) is 77.7 Å². The molecule has 5 atom stereocenters. The van der Waals surface area contributed by atoms with Gasteiger partial charge in [0.05, 0.1) is 12.5 Å². The van der Waals surface area contributed by atoms with Crippen LogP contribution in [0.1, 0.15) is 47.5 Å². The third-order valence-electron chi connectivity index (χ3n) is 4.43. The van der Waals surface area contributed by atoms with E-state index in [0.29, 0.717) is 0 Å². The largest absolute Gasteiger partial charge is 0.480 e. The number of primary amides is 1. The number of carboxylic acids is 1. The summed E-state index contributed by atoms with van der Waals surface area (Å²) in [6.07, 6.45) is -1.51. The van der Waals surface area contributed by atoms with Crippen LogP contribution in [0.4, 0.5) is 0 Å². The highest BCUT2D eigenvalue weighted by atomic mass is 16.4. The first-order valence-electron chi connectivity index (χ1n) is 10.0. The Morgan fingerprint density at radius 3 is 1.74 bits per heavy atom. The minimum Gasteiger partial charge on any atom is -0.480 e. The molecule has 0 aliphatic rings. The molecule has 4 amide bonds. The first-order valence-corrected chi connectivity index (χ1v) is 10.0. The van der Waals surface area contributed by atoms with E-state index >= 15 is 0 Å². The van der Waals surface area contributed by atoms with Crippen LogP contribution in [0.2, 0.25) is 0 Å². The fourth-order valence-corrected chi connectivity index (χ4v) is 2.64. The summed E-state index contributed by atoms with van der Waals surface area (Å²) in [5.41, 5.74) is 10.6. The standard InChI is InChI=1S/C19H35N5O7/c1-8(2)6-11(22-17(28)14(21)10(5)25)16(27)24-15(9(3)4)18(29)23-12(19(30)31)7-13(20)26/h8-12,14-15,25H,6-7,21H2,1-5H3,(H2,20,26)(H,22,28)(H,23,29)(H,24,27)(H,30,31). The number of aliphatic carboxylic acids is 1. The average Bonchev–Trinajstić information content (AvgIpc) is 2.62. The van der Waals surface area contributed by atoms with Crippen LogP contribution < -0.4 is 27.4 Å². The van der Waals surface area contributed by atoms with Crippen LogP contribution in [-0.4, -0.2) is 70.1 Å². The Hall–Kier alpha value is -2.73. The van der Waals surface area contributed by atoms with Crippen LogP contribution >= 0.6 is 0 Å². The monoisotopic (exact) mass is 445 g/mol. The van der Waals surface area contributed by atoms with Gasteiger partial charge in [-0.1, -0.05) is 27.7 Å². The Labute approximate surface area is 181 Å². The molecule has 12 heteroatoms. The van der Waals surface area contributed by atoms with Crippen LogP contribution in [0.3, 0.4) is 0 Å². The van der Waals surface area contributed by atoms with Crippen molar-refractivity contribution >= 4 is 29.6 Å². The van der Waals surface area contributed by atoms with Gasteiger partial charge in [0, 0.05) is 0 Å². The Morgan fingerprint density at radius 2 is 1.35 bits per heavy atom. The number of nitrogens with two attached hydrogens (primary N) is 2. The number of nitrogens with one attached hydrogen (secondary N) is 3. The summed E-state index contributed by atoms with van der Waals surface area (Å²) in [5, 5.41) is 25.8. The maximum absolute atomic E-state index is 12.8. The molecule has 12 nitrogen and oxygen atoms in total. The number of carbonyl (C=O) groups is 5. The molecule has 31 heavy (non-hydrogen) atoms. The van der Waals surface area contributed by atoms with Gasteiger partial charge >= 0.3 is 5.97 Å². The first kappa shape index (κ1) is 28.3. The Morgan fingerprint density at radius 1 is 0.839 bits per heavy atom. The van der Waals surface area contributed by atoms with E-state index in [4.69, 9.17) is 16.6 Å². The number of hydrogen-bond donors (Lipinski definition) is 7. The van der Waals surface area contributed by atoms with Crippen molar-refractivity contribution < 1.29 is 34.2 Å². The number of rotatable bonds is 13. The number of aliphatic hydroxyl groups is 1. The summed E-state index contributed by atoms with van der Waals surface area (Å²) < 4.78 is 0. The molecule has 0 aromatic rings. The summed E-state index contributed by atoms with van der Waals surface area (Å²) >= 11 is 0. The maximum Gasteiger partial charge on any atom is 0.326 e. The highest BCUT2D eigenvalue weighted by Crippen LogP contribution is 2.09. The summed E-state index contributed by atoms with van der Waals surface area (Å²) in [6.45, 7) is 8.26. The topological polar surface area (TPSA) is 214 Å². The molecule has 0 saturated heterocycles. The van der Waals surface area contributed by atoms with Crippen molar-refractivity contribution in [1.29, 1.82) is 0 Å². The molecule has 0 bridgehead atoms. The molecule has 0 aromatic carbocycles. The van der Waals surface area contributed by atoms with Gasteiger partial charge in [0.15, 0.2) is 0 Å². The molecule has 0 aliphatic carbocycles. The second-order valence-corrected chi connectivity index (χ2v) is 8.26. The van der Waals surface area contributed by atoms with Gasteiger partial charge in [0.1, 0.15) is 24.2 Å². The fourth-order valence-electron chi connectivity index (χ4n) is 2.64. The van der Waals surface area contributed by atoms with Gasteiger partial charge in [-0.05, 0) is 25.2 Å². The lowest BCUT2D eigenvalue weighted by atomic mass is 9.99. The SMILES string of the molecule is CC(C)CC(NC(=O)C(N)C(C)O)C(=O)NC(C(=O)NC(CC(N)=O)C(=O)O)C(C)C. The van der Waals surface area contributed by atoms with Crippen LogP contribution in [0.25, 0.3) is 0 Å². The number of hydrogen-bond acceptors (Lipinski definition) is 7. The molecule has 0 fully saturated rings. The van der Waals surface area contributed by atoms with E-state index in [9.17, 15) is 29.1 Å². The van der Waals surface area contributed by atoms with E-state index in [-0.39, 0.29) is 12.3 Å². The van der Waals surface area contributed by atoms with Gasteiger partial charge in [-0.25, -0.2) is 4.79 Å². The lowest BCUT2D eigenvalue weighted by Crippen LogP contribution is -2.59. The summed E-state index contributed by atoms with van der Waals surface area (Å²) in [7, 11) is 0. The number of aliphatic hydroxyl groups excluding tert-OH is 1. The van der Waals surface area contributed by atoms with Crippen molar-refractivity contribution in [1.82, 2.24) is 16.0 Å². The lowest BCUT2D eigenvalue weighted by molar-refractivity contribution is -0.144. The highest BCUT2D eigenvalue weighted by Gasteiger charge is 2.33. The van der Waals surface area contributed by atoms with Crippen molar-refractivity contribution in [2.75, 3.05) is 0 Å². The average molecular weight is 446 g/mol. The lowest BCUT2D eigenvalue weighted by Gasteiger charge is -2.27. The number of amides is 4. The summed E-state index contributed by atoms with van der Waals surface area (Å²) in [4.78, 5) is 59.9. The molecule has 0 aliphatic heterocycles. The van der Waals surface area contributed by atoms with E-state index in [1.165, 1.54) is 6.92 Å². The summed E-state index contributed by atoms with van der Waals surface area (Å²) in [5.74, 6) is -5.01. The quantitative estimate of drug-likeness (QED) is 0.165. The Bertz CT molecular complexity index is 666. The van der Waals surface area contributed by atoms with E-state index in [0.717, 1.165) is 0 Å². The molecule has 5 unspecified atom stereocenters. The maximum atomic E-state index is 12.8. The van der Waals surface area contributed by atoms with Gasteiger partial charge in [0.25, 0.3) is 0 Å². The Kier molecular flexibility index (Phi) is 11.7. The van der Waals surface area contributed by atoms with E-state index in [1.807, 2.05) is 13.8 Å². The number of carbonyl (C=O) groups excluding carboxylic acids is 4. The van der Waals surface area contributed by atoms with E-state index < -0.39 is 72.2 Å². The molecule has 0 heterocycles. The molecule has 0 rings (SSSR count). The Balaban J connectivity index is 5.45. The predicted molar refractivity (Wildman–Crippen MR) is 111 cm³/mol. The molecule has 0 aromatic heterocycles. The molecule has 178 valence electrons. The third kappa shape index (κ3) is 10.2. The van der Waals surface area contributed by atoms with Crippen LogP contribution in [0, 0.1) is 11.8 Å². The zero-order valence-corrected chi connectivity index (χ0v) is 18.5. The zero-order chi connectivity index (χ0) is 24.5. The van der Waals surface area contributed by atoms with Crippen molar-refractivity contribution in [3.63, 3.8) is 0 Å². The second kappa shape index (κ2) is 12.8. The fraction of sp³-hybridized carbons (Fsp3) is 0.737. The molecule has 0 spiro atoms. The predicted octanol–water partition coefficient (Wildman–Crippen LogP) is -2.19. The van der Waals surface area contributed by atoms with E-state index in [1.54, 1.807) is 13.8 Å². The normalized spacial score (nSPS) is 16.0. The molecule has 0 radical (unpaired) electrons. The van der Waals surface area contributed by atoms with Crippen molar-refractivity contribution in [3.05, 3.63) is 0 Å². The number of carboxylic acid groups (broad SMARTS) is 1. The van der Waals surface area contributed by atoms with Crippen LogP contribution in [0.15, 0.2) is 0 Å². The first-order chi connectivity index (χ1) is 14.2. The molecular weight excluding hydrogens is 410 g/mol. The molecule has 0 saturated carbocycles. The van der Waals surface area contributed by atoms with E-state index in [2.05, 4.69) is 16.0 Å². The van der Waals surface area contributed by atoms with Gasteiger partial charge in [0.2, 0.25) is 23.6 Å². The second-order valence-electron chi connectivity index (χ2n) is 8.26. The van der Waals surface area contributed by atoms with Gasteiger partial charge < -0.3 is 37.6 Å². The van der Waals surface area contributed by atoms with Gasteiger partial charge in [-0.2, -0.15) is 0 Å². The summed E-state index contributed by atoms with van der Waals surface area (Å²) in [6, 6.07) is -4.96. The molecule has 9 N–H and O–H groups in total. The third-order valence-corrected chi connectivity index (χ3v) is 4.43. The van der Waals surface area contributed by atoms with Crippen molar-refractivity contribution in [2.24, 2.45) is 23.3 Å². The van der Waals surface area contributed by atoms with Gasteiger partial charge in [-0.15, -0.1) is 0 Å². The minimum absolute atomic E-state index is 0.00268. The zero-order valence-electron chi connectivity index (χ0n) is 18.5. The highest BCUT2D eigenvalue weighted by molar-refractivity contribution is 5.95. The van der Waals surface area contributed by atoms with Crippen LogP contribution in [-0.2, 0) is 24.0 Å². The smallest absolute Gasteiger partial charge is 0.326 e. The minimum atomic E-state index is -1.54.